The molecule has 0 fully saturated rings. The molecule has 4 rings (SSSR count). The van der Waals surface area contributed by atoms with Gasteiger partial charge < -0.3 is 5.32 Å². The van der Waals surface area contributed by atoms with Crippen molar-refractivity contribution in [1.82, 2.24) is 9.38 Å². The van der Waals surface area contributed by atoms with E-state index in [1.165, 1.54) is 46.9 Å². The van der Waals surface area contributed by atoms with E-state index in [1.54, 1.807) is 0 Å². The summed E-state index contributed by atoms with van der Waals surface area (Å²) in [5.74, 6) is -1.60. The molecule has 31 heavy (non-hydrogen) atoms. The predicted octanol–water partition coefficient (Wildman–Crippen LogP) is 5.48. The molecule has 1 N–H and O–H groups in total. The quantitative estimate of drug-likeness (QED) is 0.435. The largest absolute Gasteiger partial charge is 0.416 e. The molecule has 1 amide bonds. The minimum absolute atomic E-state index is 0.0166. The summed E-state index contributed by atoms with van der Waals surface area (Å²) in [6.45, 7) is 0. The summed E-state index contributed by atoms with van der Waals surface area (Å²) in [6.07, 6.45) is -3.61. The van der Waals surface area contributed by atoms with Crippen molar-refractivity contribution >= 4 is 17.4 Å². The summed E-state index contributed by atoms with van der Waals surface area (Å²) in [4.78, 5) is 16.8. The number of nitrogens with one attached hydrogen (secondary N) is 1. The summed E-state index contributed by atoms with van der Waals surface area (Å²) < 4.78 is 67.7. The first-order valence-electron chi connectivity index (χ1n) is 9.10. The van der Waals surface area contributed by atoms with Gasteiger partial charge >= 0.3 is 6.18 Å². The summed E-state index contributed by atoms with van der Waals surface area (Å²) >= 11 is 0. The fourth-order valence-electron chi connectivity index (χ4n) is 3.19. The summed E-state index contributed by atoms with van der Waals surface area (Å²) in [7, 11) is 0. The van der Waals surface area contributed by atoms with Crippen molar-refractivity contribution in [3.63, 3.8) is 0 Å². The van der Waals surface area contributed by atoms with Crippen LogP contribution in [0.2, 0.25) is 0 Å². The fraction of sp³-hybridized carbons (Fsp3) is 0.0909. The third kappa shape index (κ3) is 4.40. The Kier molecular flexibility index (Phi) is 5.18. The number of aromatic nitrogens is 2. The number of hydrogen-bond donors (Lipinski definition) is 1. The van der Waals surface area contributed by atoms with E-state index >= 15 is 0 Å². The van der Waals surface area contributed by atoms with E-state index < -0.39 is 29.3 Å². The zero-order valence-corrected chi connectivity index (χ0v) is 15.8. The van der Waals surface area contributed by atoms with E-state index in [1.807, 2.05) is 0 Å². The standard InChI is InChI=1S/C22H14F5N3O/c23-16-6-4-13(5-7-16)10-19(31)29-21-20(30-12-17(24)8-9-18(30)28-21)14-2-1-3-15(11-14)22(25,26)27/h1-9,11-12H,10H2,(H,29,31). The molecule has 0 bridgehead atoms. The molecule has 4 nitrogen and oxygen atoms in total. The van der Waals surface area contributed by atoms with Crippen LogP contribution in [0, 0.1) is 11.6 Å². The monoisotopic (exact) mass is 431 g/mol. The summed E-state index contributed by atoms with van der Waals surface area (Å²) in [5, 5.41) is 2.57. The number of rotatable bonds is 4. The van der Waals surface area contributed by atoms with Crippen LogP contribution in [0.1, 0.15) is 11.1 Å². The number of pyridine rings is 1. The third-order valence-corrected chi connectivity index (χ3v) is 4.58. The molecule has 0 saturated carbocycles. The van der Waals surface area contributed by atoms with Gasteiger partial charge in [-0.1, -0.05) is 24.3 Å². The molecule has 9 heteroatoms. The highest BCUT2D eigenvalue weighted by Gasteiger charge is 2.31. The maximum atomic E-state index is 13.8. The molecule has 158 valence electrons. The van der Waals surface area contributed by atoms with Crippen molar-refractivity contribution in [2.24, 2.45) is 0 Å². The van der Waals surface area contributed by atoms with Gasteiger partial charge in [0.05, 0.1) is 17.7 Å². The van der Waals surface area contributed by atoms with E-state index in [9.17, 15) is 26.7 Å². The Hall–Kier alpha value is -3.75. The number of alkyl halides is 3. The van der Waals surface area contributed by atoms with Crippen LogP contribution in [0.15, 0.2) is 66.9 Å². The van der Waals surface area contributed by atoms with Crippen LogP contribution in [0.3, 0.4) is 0 Å². The maximum absolute atomic E-state index is 13.8. The highest BCUT2D eigenvalue weighted by atomic mass is 19.4. The second-order valence-corrected chi connectivity index (χ2v) is 6.81. The molecule has 0 aliphatic heterocycles. The van der Waals surface area contributed by atoms with E-state index in [0.717, 1.165) is 24.4 Å². The van der Waals surface area contributed by atoms with Gasteiger partial charge in [0.15, 0.2) is 5.82 Å². The van der Waals surface area contributed by atoms with E-state index in [4.69, 9.17) is 0 Å². The van der Waals surface area contributed by atoms with Crippen LogP contribution in [-0.2, 0) is 17.4 Å². The fourth-order valence-corrected chi connectivity index (χ4v) is 3.19. The molecule has 0 atom stereocenters. The Morgan fingerprint density at radius 2 is 1.68 bits per heavy atom. The normalized spacial score (nSPS) is 11.6. The second kappa shape index (κ2) is 7.82. The Labute approximate surface area is 173 Å². The Balaban J connectivity index is 1.75. The number of nitrogens with zero attached hydrogens (tertiary/aromatic N) is 2. The Morgan fingerprint density at radius 1 is 0.968 bits per heavy atom. The molecule has 2 aromatic heterocycles. The van der Waals surface area contributed by atoms with Crippen molar-refractivity contribution in [3.8, 4) is 11.3 Å². The molecular formula is C22H14F5N3O. The molecule has 0 spiro atoms. The van der Waals surface area contributed by atoms with Gasteiger partial charge in [-0.3, -0.25) is 9.20 Å². The number of carbonyl (C=O) groups is 1. The highest BCUT2D eigenvalue weighted by molar-refractivity contribution is 5.95. The van der Waals surface area contributed by atoms with Gasteiger partial charge in [0.25, 0.3) is 0 Å². The first-order valence-corrected chi connectivity index (χ1v) is 9.10. The summed E-state index contributed by atoms with van der Waals surface area (Å²) in [6, 6.07) is 12.3. The molecule has 0 saturated heterocycles. The van der Waals surface area contributed by atoms with E-state index in [2.05, 4.69) is 10.3 Å². The Bertz CT molecular complexity index is 1260. The first-order chi connectivity index (χ1) is 14.7. The smallest absolute Gasteiger partial charge is 0.309 e. The molecule has 0 aliphatic carbocycles. The number of amides is 1. The molecule has 2 heterocycles. The van der Waals surface area contributed by atoms with Crippen LogP contribution in [0.5, 0.6) is 0 Å². The lowest BCUT2D eigenvalue weighted by molar-refractivity contribution is -0.137. The molecular weight excluding hydrogens is 417 g/mol. The lowest BCUT2D eigenvalue weighted by Crippen LogP contribution is -2.15. The minimum atomic E-state index is -4.58. The number of fused-ring (bicyclic) bond motifs is 1. The molecule has 2 aromatic carbocycles. The van der Waals surface area contributed by atoms with E-state index in [-0.39, 0.29) is 29.1 Å². The van der Waals surface area contributed by atoms with E-state index in [0.29, 0.717) is 5.56 Å². The van der Waals surface area contributed by atoms with Crippen LogP contribution >= 0.6 is 0 Å². The SMILES string of the molecule is O=C(Cc1ccc(F)cc1)Nc1nc2ccc(F)cn2c1-c1cccc(C(F)(F)F)c1. The van der Waals surface area contributed by atoms with Gasteiger partial charge in [-0.05, 0) is 42.0 Å². The number of carbonyl (C=O) groups excluding carboxylic acids is 1. The lowest BCUT2D eigenvalue weighted by Gasteiger charge is -2.11. The molecule has 0 aliphatic rings. The number of hydrogen-bond acceptors (Lipinski definition) is 2. The predicted molar refractivity (Wildman–Crippen MR) is 104 cm³/mol. The number of imidazole rings is 1. The molecule has 0 radical (unpaired) electrons. The average molecular weight is 431 g/mol. The van der Waals surface area contributed by atoms with Crippen molar-refractivity contribution in [1.29, 1.82) is 0 Å². The highest BCUT2D eigenvalue weighted by Crippen LogP contribution is 2.35. The first kappa shape index (κ1) is 20.5. The van der Waals surface area contributed by atoms with Gasteiger partial charge in [-0.15, -0.1) is 0 Å². The number of benzene rings is 2. The van der Waals surface area contributed by atoms with Crippen LogP contribution in [-0.4, -0.2) is 15.3 Å². The van der Waals surface area contributed by atoms with Crippen LogP contribution in [0.25, 0.3) is 16.9 Å². The van der Waals surface area contributed by atoms with Gasteiger partial charge in [0.2, 0.25) is 5.91 Å². The van der Waals surface area contributed by atoms with Crippen LogP contribution in [0.4, 0.5) is 27.8 Å². The van der Waals surface area contributed by atoms with Crippen molar-refractivity contribution < 1.29 is 26.7 Å². The zero-order valence-electron chi connectivity index (χ0n) is 15.8. The Morgan fingerprint density at radius 3 is 2.39 bits per heavy atom. The van der Waals surface area contributed by atoms with Gasteiger partial charge in [-0.2, -0.15) is 13.2 Å². The number of anilines is 1. The second-order valence-electron chi connectivity index (χ2n) is 6.81. The van der Waals surface area contributed by atoms with Crippen LogP contribution < -0.4 is 5.32 Å². The molecule has 4 aromatic rings. The molecule has 0 unspecified atom stereocenters. The minimum Gasteiger partial charge on any atom is -0.309 e. The third-order valence-electron chi connectivity index (χ3n) is 4.58. The lowest BCUT2D eigenvalue weighted by atomic mass is 10.1. The topological polar surface area (TPSA) is 46.4 Å². The van der Waals surface area contributed by atoms with Gasteiger partial charge in [0, 0.05) is 11.8 Å². The maximum Gasteiger partial charge on any atom is 0.416 e. The van der Waals surface area contributed by atoms with Crippen molar-refractivity contribution in [3.05, 3.63) is 89.6 Å². The van der Waals surface area contributed by atoms with Crippen molar-refractivity contribution in [2.45, 2.75) is 12.6 Å². The van der Waals surface area contributed by atoms with Gasteiger partial charge in [-0.25, -0.2) is 13.8 Å². The average Bonchev–Trinajstić information content (AvgIpc) is 3.06. The van der Waals surface area contributed by atoms with Gasteiger partial charge in [0.1, 0.15) is 17.3 Å². The summed E-state index contributed by atoms with van der Waals surface area (Å²) in [5.41, 5.74) is 0.0956. The van der Waals surface area contributed by atoms with Crippen molar-refractivity contribution in [2.75, 3.05) is 5.32 Å². The number of halogens is 5. The zero-order chi connectivity index (χ0) is 22.2.